The Hall–Kier alpha value is -1.89. The third-order valence-corrected chi connectivity index (χ3v) is 4.72. The Balaban J connectivity index is 1.70. The van der Waals surface area contributed by atoms with Gasteiger partial charge in [0.05, 0.1) is 11.6 Å². The number of likely N-dealkylation sites (tertiary alicyclic amines) is 1. The fourth-order valence-electron chi connectivity index (χ4n) is 3.39. The van der Waals surface area contributed by atoms with Gasteiger partial charge in [-0.1, -0.05) is 19.1 Å². The second kappa shape index (κ2) is 6.55. The molecular formula is C17H21F3N4. The Bertz CT molecular complexity index is 678. The van der Waals surface area contributed by atoms with Crippen LogP contribution in [0.2, 0.25) is 0 Å². The number of halogens is 3. The highest BCUT2D eigenvalue weighted by molar-refractivity contribution is 5.27. The van der Waals surface area contributed by atoms with Gasteiger partial charge < -0.3 is 4.57 Å². The van der Waals surface area contributed by atoms with E-state index in [0.717, 1.165) is 49.5 Å². The Morgan fingerprint density at radius 2 is 1.96 bits per heavy atom. The molecule has 130 valence electrons. The van der Waals surface area contributed by atoms with E-state index in [0.29, 0.717) is 0 Å². The minimum Gasteiger partial charge on any atom is -0.319 e. The van der Waals surface area contributed by atoms with Crippen molar-refractivity contribution in [3.63, 3.8) is 0 Å². The third kappa shape index (κ3) is 3.45. The zero-order chi connectivity index (χ0) is 17.3. The van der Waals surface area contributed by atoms with Crippen LogP contribution in [-0.2, 0) is 13.2 Å². The highest BCUT2D eigenvalue weighted by atomic mass is 19.4. The van der Waals surface area contributed by atoms with Crippen molar-refractivity contribution in [2.45, 2.75) is 37.9 Å². The van der Waals surface area contributed by atoms with Gasteiger partial charge in [0.2, 0.25) is 0 Å². The summed E-state index contributed by atoms with van der Waals surface area (Å²) in [5.74, 6) is 1.10. The lowest BCUT2D eigenvalue weighted by atomic mass is 9.98. The number of hydrogen-bond acceptors (Lipinski definition) is 3. The molecule has 7 heteroatoms. The van der Waals surface area contributed by atoms with Crippen molar-refractivity contribution in [2.75, 3.05) is 13.1 Å². The van der Waals surface area contributed by atoms with Crippen molar-refractivity contribution < 1.29 is 13.2 Å². The molecule has 0 spiro atoms. The van der Waals surface area contributed by atoms with Gasteiger partial charge in [-0.15, -0.1) is 10.2 Å². The largest absolute Gasteiger partial charge is 0.416 e. The van der Waals surface area contributed by atoms with E-state index < -0.39 is 11.7 Å². The van der Waals surface area contributed by atoms with Crippen LogP contribution >= 0.6 is 0 Å². The fraction of sp³-hybridized carbons (Fsp3) is 0.529. The zero-order valence-corrected chi connectivity index (χ0v) is 13.8. The lowest BCUT2D eigenvalue weighted by Gasteiger charge is -2.27. The first-order chi connectivity index (χ1) is 11.4. The maximum atomic E-state index is 12.7. The fourth-order valence-corrected chi connectivity index (χ4v) is 3.39. The Labute approximate surface area is 139 Å². The molecule has 2 heterocycles. The van der Waals surface area contributed by atoms with Gasteiger partial charge in [0.25, 0.3) is 0 Å². The molecule has 1 fully saturated rings. The number of rotatable bonds is 4. The summed E-state index contributed by atoms with van der Waals surface area (Å²) in [4.78, 5) is 2.35. The smallest absolute Gasteiger partial charge is 0.319 e. The highest BCUT2D eigenvalue weighted by Crippen LogP contribution is 2.34. The van der Waals surface area contributed by atoms with E-state index in [4.69, 9.17) is 0 Å². The molecule has 1 aromatic carbocycles. The summed E-state index contributed by atoms with van der Waals surface area (Å²) < 4.78 is 39.9. The lowest BCUT2D eigenvalue weighted by Crippen LogP contribution is -2.29. The van der Waals surface area contributed by atoms with Gasteiger partial charge >= 0.3 is 6.18 Å². The number of aryl methyl sites for hydroxylation is 1. The Morgan fingerprint density at radius 3 is 2.54 bits per heavy atom. The van der Waals surface area contributed by atoms with Crippen molar-refractivity contribution in [3.05, 3.63) is 47.5 Å². The molecule has 1 aliphatic rings. The summed E-state index contributed by atoms with van der Waals surface area (Å²) in [6.07, 6.45) is -0.457. The second-order valence-electron chi connectivity index (χ2n) is 6.47. The molecule has 3 rings (SSSR count). The molecular weight excluding hydrogens is 317 g/mol. The monoisotopic (exact) mass is 338 g/mol. The normalized spacial score (nSPS) is 20.5. The number of aromatic nitrogens is 3. The summed E-state index contributed by atoms with van der Waals surface area (Å²) in [5, 5.41) is 8.16. The van der Waals surface area contributed by atoms with Gasteiger partial charge in [-0.25, -0.2) is 0 Å². The summed E-state index contributed by atoms with van der Waals surface area (Å²) in [5.41, 5.74) is 0.322. The van der Waals surface area contributed by atoms with Crippen LogP contribution in [0.3, 0.4) is 0 Å². The first-order valence-corrected chi connectivity index (χ1v) is 8.11. The lowest BCUT2D eigenvalue weighted by molar-refractivity contribution is -0.137. The maximum absolute atomic E-state index is 12.7. The topological polar surface area (TPSA) is 34.0 Å². The highest BCUT2D eigenvalue weighted by Gasteiger charge is 2.32. The van der Waals surface area contributed by atoms with Gasteiger partial charge in [-0.3, -0.25) is 4.90 Å². The SMILES string of the molecule is C[C@H](CN1CCC[C@H]1c1nncn1C)c1ccc(C(F)(F)F)cc1. The molecule has 4 nitrogen and oxygen atoms in total. The first kappa shape index (κ1) is 17.0. The quantitative estimate of drug-likeness (QED) is 0.851. The van der Waals surface area contributed by atoms with Gasteiger partial charge in [-0.2, -0.15) is 13.2 Å². The maximum Gasteiger partial charge on any atom is 0.416 e. The van der Waals surface area contributed by atoms with Gasteiger partial charge in [0.15, 0.2) is 0 Å². The summed E-state index contributed by atoms with van der Waals surface area (Å²) in [6, 6.07) is 5.72. The summed E-state index contributed by atoms with van der Waals surface area (Å²) in [7, 11) is 1.94. The van der Waals surface area contributed by atoms with Crippen LogP contribution in [0.25, 0.3) is 0 Å². The van der Waals surface area contributed by atoms with Crippen LogP contribution in [-0.4, -0.2) is 32.8 Å². The number of hydrogen-bond donors (Lipinski definition) is 0. The predicted octanol–water partition coefficient (Wildman–Crippen LogP) is 3.77. The minimum atomic E-state index is -4.28. The predicted molar refractivity (Wildman–Crippen MR) is 84.4 cm³/mol. The van der Waals surface area contributed by atoms with Crippen molar-refractivity contribution in [1.82, 2.24) is 19.7 Å². The molecule has 0 saturated carbocycles. The van der Waals surface area contributed by atoms with E-state index in [1.807, 2.05) is 11.6 Å². The third-order valence-electron chi connectivity index (χ3n) is 4.72. The van der Waals surface area contributed by atoms with E-state index >= 15 is 0 Å². The van der Waals surface area contributed by atoms with E-state index in [1.54, 1.807) is 18.5 Å². The standard InChI is InChI=1S/C17H21F3N4/c1-12(13-5-7-14(8-6-13)17(18,19)20)10-24-9-3-4-15(24)16-22-21-11-23(16)2/h5-8,11-12,15H,3-4,9-10H2,1-2H3/t12-,15+/m1/s1. The first-order valence-electron chi connectivity index (χ1n) is 8.11. The average Bonchev–Trinajstić information content (AvgIpc) is 3.15. The number of alkyl halides is 3. The molecule has 2 aromatic rings. The van der Waals surface area contributed by atoms with Crippen molar-refractivity contribution in [2.24, 2.45) is 7.05 Å². The average molecular weight is 338 g/mol. The summed E-state index contributed by atoms with van der Waals surface area (Å²) in [6.45, 7) is 3.82. The van der Waals surface area contributed by atoms with E-state index in [9.17, 15) is 13.2 Å². The van der Waals surface area contributed by atoms with E-state index in [2.05, 4.69) is 22.0 Å². The van der Waals surface area contributed by atoms with Crippen molar-refractivity contribution in [3.8, 4) is 0 Å². The Morgan fingerprint density at radius 1 is 1.25 bits per heavy atom. The minimum absolute atomic E-state index is 0.154. The van der Waals surface area contributed by atoms with Crippen molar-refractivity contribution >= 4 is 0 Å². The molecule has 0 unspecified atom stereocenters. The number of nitrogens with zero attached hydrogens (tertiary/aromatic N) is 4. The van der Waals surface area contributed by atoms with Crippen LogP contribution in [0.4, 0.5) is 13.2 Å². The Kier molecular flexibility index (Phi) is 4.62. The van der Waals surface area contributed by atoms with Crippen LogP contribution in [0.1, 0.15) is 48.7 Å². The molecule has 1 saturated heterocycles. The van der Waals surface area contributed by atoms with Gasteiger partial charge in [0, 0.05) is 13.6 Å². The molecule has 0 bridgehead atoms. The second-order valence-corrected chi connectivity index (χ2v) is 6.47. The molecule has 24 heavy (non-hydrogen) atoms. The van der Waals surface area contributed by atoms with Gasteiger partial charge in [-0.05, 0) is 43.0 Å². The van der Waals surface area contributed by atoms with E-state index in [1.165, 1.54) is 0 Å². The number of benzene rings is 1. The summed E-state index contributed by atoms with van der Waals surface area (Å²) >= 11 is 0. The molecule has 2 atom stereocenters. The van der Waals surface area contributed by atoms with Crippen LogP contribution in [0.15, 0.2) is 30.6 Å². The molecule has 1 aliphatic heterocycles. The molecule has 1 aromatic heterocycles. The molecule has 0 radical (unpaired) electrons. The van der Waals surface area contributed by atoms with Crippen LogP contribution in [0.5, 0.6) is 0 Å². The van der Waals surface area contributed by atoms with Crippen molar-refractivity contribution in [1.29, 1.82) is 0 Å². The zero-order valence-electron chi connectivity index (χ0n) is 13.8. The van der Waals surface area contributed by atoms with E-state index in [-0.39, 0.29) is 12.0 Å². The van der Waals surface area contributed by atoms with Crippen LogP contribution < -0.4 is 0 Å². The van der Waals surface area contributed by atoms with Gasteiger partial charge in [0.1, 0.15) is 12.2 Å². The molecule has 0 N–H and O–H groups in total. The molecule has 0 amide bonds. The van der Waals surface area contributed by atoms with Crippen LogP contribution in [0, 0.1) is 0 Å². The molecule has 0 aliphatic carbocycles.